The highest BCUT2D eigenvalue weighted by molar-refractivity contribution is 5.77. The Hall–Kier alpha value is -1.35. The summed E-state index contributed by atoms with van der Waals surface area (Å²) < 4.78 is 5.71. The monoisotopic (exact) mass is 249 g/mol. The third-order valence-corrected chi connectivity index (χ3v) is 2.67. The molecule has 2 heterocycles. The Labute approximate surface area is 109 Å². The minimum Gasteiger partial charge on any atom is -0.456 e. The average Bonchev–Trinajstić information content (AvgIpc) is 2.74. The molecule has 3 heteroatoms. The maximum absolute atomic E-state index is 9.90. The van der Waals surface area contributed by atoms with Gasteiger partial charge in [0.1, 0.15) is 16.9 Å². The molecule has 0 bridgehead atoms. The Morgan fingerprint density at radius 1 is 1.28 bits per heavy atom. The molecule has 0 aliphatic rings. The molecule has 100 valence electrons. The molecular formula is C15H23NO2. The molecule has 0 saturated heterocycles. The summed E-state index contributed by atoms with van der Waals surface area (Å²) in [6.45, 7) is 11.6. The van der Waals surface area contributed by atoms with Gasteiger partial charge in [0.05, 0.1) is 0 Å². The van der Waals surface area contributed by atoms with E-state index < -0.39 is 5.60 Å². The highest BCUT2D eigenvalue weighted by Crippen LogP contribution is 2.30. The largest absolute Gasteiger partial charge is 0.456 e. The molecule has 1 N–H and O–H groups in total. The van der Waals surface area contributed by atoms with Crippen LogP contribution in [0.2, 0.25) is 0 Å². The number of hydrogen-bond donors (Lipinski definition) is 1. The summed E-state index contributed by atoms with van der Waals surface area (Å²) >= 11 is 0. The standard InChI is InChI=1S/C13H17NO2.C2H6/c1-8(2)9-5-6-14-10-7-11(13(3,4)15)16-12(9)10;1-2/h5-8,15H,1-4H3;1-2H3. The van der Waals surface area contributed by atoms with Gasteiger partial charge >= 0.3 is 0 Å². The van der Waals surface area contributed by atoms with Crippen molar-refractivity contribution in [3.8, 4) is 0 Å². The second-order valence-electron chi connectivity index (χ2n) is 4.94. The van der Waals surface area contributed by atoms with Crippen LogP contribution < -0.4 is 0 Å². The van der Waals surface area contributed by atoms with Gasteiger partial charge in [0, 0.05) is 17.8 Å². The van der Waals surface area contributed by atoms with E-state index in [4.69, 9.17) is 4.42 Å². The molecule has 0 aliphatic carbocycles. The van der Waals surface area contributed by atoms with E-state index >= 15 is 0 Å². The smallest absolute Gasteiger partial charge is 0.156 e. The number of rotatable bonds is 2. The van der Waals surface area contributed by atoms with Crippen LogP contribution in [-0.4, -0.2) is 10.1 Å². The zero-order valence-electron chi connectivity index (χ0n) is 12.1. The van der Waals surface area contributed by atoms with Crippen LogP contribution in [0, 0.1) is 0 Å². The van der Waals surface area contributed by atoms with Crippen molar-refractivity contribution in [2.24, 2.45) is 0 Å². The lowest BCUT2D eigenvalue weighted by atomic mass is 10.0. The molecule has 0 radical (unpaired) electrons. The first-order chi connectivity index (χ1) is 8.39. The van der Waals surface area contributed by atoms with Gasteiger partial charge in [-0.2, -0.15) is 0 Å². The molecule has 2 aromatic heterocycles. The fraction of sp³-hybridized carbons (Fsp3) is 0.533. The average molecular weight is 249 g/mol. The van der Waals surface area contributed by atoms with E-state index in [1.54, 1.807) is 26.1 Å². The Morgan fingerprint density at radius 3 is 2.39 bits per heavy atom. The zero-order chi connectivity index (χ0) is 13.9. The summed E-state index contributed by atoms with van der Waals surface area (Å²) in [6.07, 6.45) is 1.78. The van der Waals surface area contributed by atoms with Crippen molar-refractivity contribution >= 4 is 11.1 Å². The predicted octanol–water partition coefficient (Wildman–Crippen LogP) is 4.20. The fourth-order valence-corrected chi connectivity index (χ4v) is 1.71. The summed E-state index contributed by atoms with van der Waals surface area (Å²) in [5.41, 5.74) is 1.76. The minimum absolute atomic E-state index is 0.381. The molecule has 0 spiro atoms. The summed E-state index contributed by atoms with van der Waals surface area (Å²) in [7, 11) is 0. The van der Waals surface area contributed by atoms with Crippen LogP contribution in [0.5, 0.6) is 0 Å². The summed E-state index contributed by atoms with van der Waals surface area (Å²) in [5, 5.41) is 9.90. The predicted molar refractivity (Wildman–Crippen MR) is 74.7 cm³/mol. The number of pyridine rings is 1. The number of aromatic nitrogens is 1. The number of aliphatic hydroxyl groups is 1. The van der Waals surface area contributed by atoms with Crippen molar-refractivity contribution in [3.63, 3.8) is 0 Å². The number of nitrogens with zero attached hydrogens (tertiary/aromatic N) is 1. The molecule has 0 atom stereocenters. The van der Waals surface area contributed by atoms with Crippen molar-refractivity contribution < 1.29 is 9.52 Å². The molecule has 2 aromatic rings. The van der Waals surface area contributed by atoms with E-state index in [9.17, 15) is 5.11 Å². The van der Waals surface area contributed by atoms with Gasteiger partial charge in [-0.15, -0.1) is 0 Å². The lowest BCUT2D eigenvalue weighted by Gasteiger charge is -2.12. The van der Waals surface area contributed by atoms with E-state index in [1.165, 1.54) is 0 Å². The quantitative estimate of drug-likeness (QED) is 0.867. The molecule has 18 heavy (non-hydrogen) atoms. The van der Waals surface area contributed by atoms with Crippen LogP contribution in [0.3, 0.4) is 0 Å². The van der Waals surface area contributed by atoms with Gasteiger partial charge in [0.15, 0.2) is 5.58 Å². The van der Waals surface area contributed by atoms with Gasteiger partial charge in [-0.3, -0.25) is 4.98 Å². The van der Waals surface area contributed by atoms with Crippen molar-refractivity contribution in [1.29, 1.82) is 0 Å². The molecular weight excluding hydrogens is 226 g/mol. The molecule has 2 rings (SSSR count). The van der Waals surface area contributed by atoms with Crippen LogP contribution in [-0.2, 0) is 5.60 Å². The molecule has 0 unspecified atom stereocenters. The number of furan rings is 1. The molecule has 0 aromatic carbocycles. The van der Waals surface area contributed by atoms with Crippen molar-refractivity contribution in [1.82, 2.24) is 4.98 Å². The van der Waals surface area contributed by atoms with E-state index in [0.29, 0.717) is 11.7 Å². The number of hydrogen-bond acceptors (Lipinski definition) is 3. The van der Waals surface area contributed by atoms with Crippen LogP contribution >= 0.6 is 0 Å². The zero-order valence-corrected chi connectivity index (χ0v) is 12.1. The molecule has 0 amide bonds. The first kappa shape index (κ1) is 14.7. The van der Waals surface area contributed by atoms with Gasteiger partial charge in [-0.05, 0) is 25.8 Å². The SMILES string of the molecule is CC.CC(C)c1ccnc2cc(C(C)(C)O)oc12. The molecule has 0 fully saturated rings. The third kappa shape index (κ3) is 2.91. The van der Waals surface area contributed by atoms with E-state index in [0.717, 1.165) is 16.7 Å². The normalized spacial score (nSPS) is 11.6. The maximum Gasteiger partial charge on any atom is 0.156 e. The van der Waals surface area contributed by atoms with Gasteiger partial charge < -0.3 is 9.52 Å². The topological polar surface area (TPSA) is 46.3 Å². The highest BCUT2D eigenvalue weighted by atomic mass is 16.4. The Bertz CT molecular complexity index is 507. The van der Waals surface area contributed by atoms with Crippen LogP contribution in [0.4, 0.5) is 0 Å². The van der Waals surface area contributed by atoms with Crippen LogP contribution in [0.15, 0.2) is 22.7 Å². The highest BCUT2D eigenvalue weighted by Gasteiger charge is 2.22. The summed E-state index contributed by atoms with van der Waals surface area (Å²) in [6, 6.07) is 3.77. The molecule has 0 aliphatic heterocycles. The first-order valence-corrected chi connectivity index (χ1v) is 6.51. The Morgan fingerprint density at radius 2 is 1.89 bits per heavy atom. The van der Waals surface area contributed by atoms with E-state index in [1.807, 2.05) is 19.9 Å². The van der Waals surface area contributed by atoms with Crippen molar-refractivity contribution in [3.05, 3.63) is 29.7 Å². The minimum atomic E-state index is -0.963. The second-order valence-corrected chi connectivity index (χ2v) is 4.94. The van der Waals surface area contributed by atoms with Crippen LogP contribution in [0.1, 0.15) is 58.8 Å². The first-order valence-electron chi connectivity index (χ1n) is 6.51. The van der Waals surface area contributed by atoms with Gasteiger partial charge in [-0.1, -0.05) is 27.7 Å². The molecule has 0 saturated carbocycles. The van der Waals surface area contributed by atoms with E-state index in [-0.39, 0.29) is 0 Å². The fourth-order valence-electron chi connectivity index (χ4n) is 1.71. The van der Waals surface area contributed by atoms with Gasteiger partial charge in [0.2, 0.25) is 0 Å². The molecule has 3 nitrogen and oxygen atoms in total. The van der Waals surface area contributed by atoms with Crippen molar-refractivity contribution in [2.45, 2.75) is 53.1 Å². The summed E-state index contributed by atoms with van der Waals surface area (Å²) in [4.78, 5) is 4.25. The maximum atomic E-state index is 9.90. The van der Waals surface area contributed by atoms with E-state index in [2.05, 4.69) is 18.8 Å². The summed E-state index contributed by atoms with van der Waals surface area (Å²) in [5.74, 6) is 0.939. The Balaban J connectivity index is 0.000000771. The van der Waals surface area contributed by atoms with Gasteiger partial charge in [-0.25, -0.2) is 0 Å². The Kier molecular flexibility index (Phi) is 4.52. The number of fused-ring (bicyclic) bond motifs is 1. The van der Waals surface area contributed by atoms with Crippen molar-refractivity contribution in [2.75, 3.05) is 0 Å². The second kappa shape index (κ2) is 5.53. The van der Waals surface area contributed by atoms with Crippen LogP contribution in [0.25, 0.3) is 11.1 Å². The third-order valence-electron chi connectivity index (χ3n) is 2.67. The lowest BCUT2D eigenvalue weighted by Crippen LogP contribution is -2.13. The van der Waals surface area contributed by atoms with Gasteiger partial charge in [0.25, 0.3) is 0 Å². The lowest BCUT2D eigenvalue weighted by molar-refractivity contribution is 0.0558.